The Labute approximate surface area is 171 Å². The maximum atomic E-state index is 10.9. The van der Waals surface area contributed by atoms with Crippen molar-refractivity contribution in [2.45, 2.75) is 110 Å². The van der Waals surface area contributed by atoms with Crippen LogP contribution in [0, 0.1) is 17.8 Å². The first-order valence-corrected chi connectivity index (χ1v) is 15.6. The number of rotatable bonds is 10. The van der Waals surface area contributed by atoms with Crippen LogP contribution in [0.2, 0.25) is 34.8 Å². The summed E-state index contributed by atoms with van der Waals surface area (Å²) in [4.78, 5) is 0. The molecule has 160 valence electrons. The first-order valence-electron chi connectivity index (χ1n) is 10.5. The second-order valence-corrected chi connectivity index (χ2v) is 20.5. The number of aliphatic hydroxyl groups excluding tert-OH is 1. The molecule has 0 rings (SSSR count). The van der Waals surface area contributed by atoms with Gasteiger partial charge in [-0.05, 0) is 41.7 Å². The van der Waals surface area contributed by atoms with Crippen LogP contribution in [0.1, 0.15) is 69.2 Å². The van der Waals surface area contributed by atoms with Gasteiger partial charge in [0.05, 0.1) is 25.2 Å². The van der Waals surface area contributed by atoms with Gasteiger partial charge in [0.15, 0.2) is 16.6 Å². The largest absolute Gasteiger partial charge is 0.415 e. The normalized spacial score (nSPS) is 15.9. The molecule has 2 atom stereocenters. The molecule has 5 heteroatoms. The Morgan fingerprint density at radius 3 is 1.63 bits per heavy atom. The number of hydrogen-bond acceptors (Lipinski definition) is 3. The molecule has 0 saturated heterocycles. The summed E-state index contributed by atoms with van der Waals surface area (Å²) in [5.74, 6) is 5.93. The zero-order valence-electron chi connectivity index (χ0n) is 20.1. The van der Waals surface area contributed by atoms with E-state index in [1.165, 1.54) is 0 Å². The van der Waals surface area contributed by atoms with Gasteiger partial charge in [-0.1, -0.05) is 68.2 Å². The molecule has 0 aromatic rings. The topological polar surface area (TPSA) is 38.7 Å². The van der Waals surface area contributed by atoms with E-state index in [1.807, 2.05) is 6.92 Å². The van der Waals surface area contributed by atoms with Crippen LogP contribution in [0.25, 0.3) is 0 Å². The van der Waals surface area contributed by atoms with Gasteiger partial charge in [-0.3, -0.25) is 0 Å². The molecule has 0 bridgehead atoms. The Morgan fingerprint density at radius 1 is 0.852 bits per heavy atom. The van der Waals surface area contributed by atoms with Crippen molar-refractivity contribution >= 4 is 16.6 Å². The zero-order valence-corrected chi connectivity index (χ0v) is 22.1. The van der Waals surface area contributed by atoms with Crippen molar-refractivity contribution in [3.05, 3.63) is 0 Å². The van der Waals surface area contributed by atoms with Crippen LogP contribution in [0.4, 0.5) is 0 Å². The minimum atomic E-state index is -1.99. The van der Waals surface area contributed by atoms with E-state index in [9.17, 15) is 5.11 Å². The van der Waals surface area contributed by atoms with Gasteiger partial charge < -0.3 is 14.0 Å². The lowest BCUT2D eigenvalue weighted by Gasteiger charge is -2.43. The second-order valence-electron chi connectivity index (χ2n) is 10.3. The van der Waals surface area contributed by atoms with E-state index in [1.54, 1.807) is 0 Å². The minimum absolute atomic E-state index is 0.146. The zero-order chi connectivity index (χ0) is 21.6. The van der Waals surface area contributed by atoms with Crippen molar-refractivity contribution in [3.63, 3.8) is 0 Å². The van der Waals surface area contributed by atoms with Gasteiger partial charge in [0, 0.05) is 0 Å². The van der Waals surface area contributed by atoms with Gasteiger partial charge in [0.2, 0.25) is 0 Å². The Hall–Kier alpha value is -0.126. The van der Waals surface area contributed by atoms with E-state index in [0.29, 0.717) is 29.8 Å². The summed E-state index contributed by atoms with van der Waals surface area (Å²) in [5.41, 5.74) is 1.51. The smallest absolute Gasteiger partial charge is 0.200 e. The van der Waals surface area contributed by atoms with E-state index < -0.39 is 22.7 Å². The van der Waals surface area contributed by atoms with Gasteiger partial charge >= 0.3 is 0 Å². The highest BCUT2D eigenvalue weighted by atomic mass is 28.4. The SMILES string of the molecule is CC#C[C@@H](CO[Si](C)(C)C(C)(C)C)[C@@H](O)CO[Si](C(C)C)(C(C)C)C(C)C. The Morgan fingerprint density at radius 2 is 1.30 bits per heavy atom. The first-order chi connectivity index (χ1) is 12.1. The summed E-state index contributed by atoms with van der Waals surface area (Å²) in [6, 6.07) is 0. The van der Waals surface area contributed by atoms with Crippen molar-refractivity contribution in [1.29, 1.82) is 0 Å². The number of hydrogen-bond donors (Lipinski definition) is 1. The Bertz CT molecular complexity index is 474. The monoisotopic (exact) mass is 414 g/mol. The molecule has 0 radical (unpaired) electrons. The molecule has 0 heterocycles. The molecule has 27 heavy (non-hydrogen) atoms. The predicted molar refractivity (Wildman–Crippen MR) is 123 cm³/mol. The summed E-state index contributed by atoms with van der Waals surface area (Å²) < 4.78 is 12.9. The molecule has 0 fully saturated rings. The molecule has 0 saturated carbocycles. The van der Waals surface area contributed by atoms with E-state index >= 15 is 0 Å². The lowest BCUT2D eigenvalue weighted by molar-refractivity contribution is 0.0492. The molecule has 0 aliphatic carbocycles. The standard InChI is InChI=1S/C22H46O3Si2/c1-13-14-20(15-24-26(11,12)22(8,9)10)21(23)16-25-27(17(2)3,18(4)5)19(6)7/h17-21,23H,15-16H2,1-12H3/t20-,21-/m0/s1. The Balaban J connectivity index is 5.23. The van der Waals surface area contributed by atoms with E-state index in [-0.39, 0.29) is 11.0 Å². The molecule has 0 aliphatic rings. The summed E-state index contributed by atoms with van der Waals surface area (Å²) in [5, 5.41) is 11.0. The van der Waals surface area contributed by atoms with Crippen molar-refractivity contribution in [3.8, 4) is 11.8 Å². The molecule has 0 aliphatic heterocycles. The average Bonchev–Trinajstić information content (AvgIpc) is 2.49. The summed E-state index contributed by atoms with van der Waals surface area (Å²) in [6.07, 6.45) is -0.620. The van der Waals surface area contributed by atoms with Crippen LogP contribution in [0.15, 0.2) is 0 Å². The lowest BCUT2D eigenvalue weighted by atomic mass is 10.1. The van der Waals surface area contributed by atoms with Crippen molar-refractivity contribution in [2.75, 3.05) is 13.2 Å². The fourth-order valence-corrected chi connectivity index (χ4v) is 10.3. The fraction of sp³-hybridized carbons (Fsp3) is 0.909. The van der Waals surface area contributed by atoms with Crippen LogP contribution < -0.4 is 0 Å². The Kier molecular flexibility index (Phi) is 10.5. The van der Waals surface area contributed by atoms with Crippen LogP contribution in [-0.2, 0) is 8.85 Å². The molecule has 0 amide bonds. The van der Waals surface area contributed by atoms with Crippen LogP contribution in [0.5, 0.6) is 0 Å². The maximum absolute atomic E-state index is 10.9. The molecule has 0 unspecified atom stereocenters. The fourth-order valence-electron chi connectivity index (χ4n) is 3.79. The van der Waals surface area contributed by atoms with Crippen molar-refractivity contribution in [2.24, 2.45) is 5.92 Å². The van der Waals surface area contributed by atoms with E-state index in [0.717, 1.165) is 0 Å². The second kappa shape index (κ2) is 10.6. The summed E-state index contributed by atoms with van der Waals surface area (Å²) in [7, 11) is -3.86. The molecule has 1 N–H and O–H groups in total. The summed E-state index contributed by atoms with van der Waals surface area (Å²) >= 11 is 0. The highest BCUT2D eigenvalue weighted by molar-refractivity contribution is 6.77. The van der Waals surface area contributed by atoms with Crippen LogP contribution in [0.3, 0.4) is 0 Å². The van der Waals surface area contributed by atoms with Crippen LogP contribution >= 0.6 is 0 Å². The lowest BCUT2D eigenvalue weighted by Crippen LogP contribution is -2.50. The third-order valence-electron chi connectivity index (χ3n) is 6.44. The average molecular weight is 415 g/mol. The molecule has 0 spiro atoms. The molecular formula is C22H46O3Si2. The maximum Gasteiger partial charge on any atom is 0.200 e. The highest BCUT2D eigenvalue weighted by Gasteiger charge is 2.45. The summed E-state index contributed by atoms with van der Waals surface area (Å²) in [6.45, 7) is 27.4. The predicted octanol–water partition coefficient (Wildman–Crippen LogP) is 6.20. The first kappa shape index (κ1) is 26.9. The molecule has 3 nitrogen and oxygen atoms in total. The van der Waals surface area contributed by atoms with Gasteiger partial charge in [-0.25, -0.2) is 0 Å². The van der Waals surface area contributed by atoms with E-state index in [4.69, 9.17) is 8.85 Å². The molecular weight excluding hydrogens is 368 g/mol. The third-order valence-corrected chi connectivity index (χ3v) is 17.0. The van der Waals surface area contributed by atoms with Gasteiger partial charge in [-0.2, -0.15) is 0 Å². The van der Waals surface area contributed by atoms with Crippen molar-refractivity contribution in [1.82, 2.24) is 0 Å². The van der Waals surface area contributed by atoms with Gasteiger partial charge in [0.25, 0.3) is 0 Å². The van der Waals surface area contributed by atoms with Gasteiger partial charge in [-0.15, -0.1) is 5.92 Å². The minimum Gasteiger partial charge on any atom is -0.415 e. The highest BCUT2D eigenvalue weighted by Crippen LogP contribution is 2.42. The molecule has 0 aromatic heterocycles. The quantitative estimate of drug-likeness (QED) is 0.341. The molecule has 0 aromatic carbocycles. The van der Waals surface area contributed by atoms with E-state index in [2.05, 4.69) is 87.2 Å². The van der Waals surface area contributed by atoms with Gasteiger partial charge in [0.1, 0.15) is 0 Å². The van der Waals surface area contributed by atoms with Crippen LogP contribution in [-0.4, -0.2) is 41.1 Å². The third kappa shape index (κ3) is 7.01. The number of aliphatic hydroxyl groups is 1. The van der Waals surface area contributed by atoms with Crippen molar-refractivity contribution < 1.29 is 14.0 Å².